The first kappa shape index (κ1) is 17.6. The van der Waals surface area contributed by atoms with Gasteiger partial charge in [-0.3, -0.25) is 4.79 Å². The number of H-pyrrole nitrogens is 1. The van der Waals surface area contributed by atoms with Crippen molar-refractivity contribution in [2.75, 3.05) is 6.54 Å². The molecule has 0 saturated carbocycles. The Morgan fingerprint density at radius 3 is 2.67 bits per heavy atom. The number of para-hydroxylation sites is 2. The van der Waals surface area contributed by atoms with E-state index >= 15 is 0 Å². The van der Waals surface area contributed by atoms with Crippen LogP contribution in [0.2, 0.25) is 0 Å². The summed E-state index contributed by atoms with van der Waals surface area (Å²) in [6.45, 7) is -0.124. The van der Waals surface area contributed by atoms with Gasteiger partial charge in [0.15, 0.2) is 0 Å². The summed E-state index contributed by atoms with van der Waals surface area (Å²) < 4.78 is 40.4. The molecule has 1 amide bonds. The van der Waals surface area contributed by atoms with Crippen LogP contribution in [0, 0.1) is 0 Å². The van der Waals surface area contributed by atoms with Crippen molar-refractivity contribution in [2.45, 2.75) is 31.5 Å². The number of nitrogens with one attached hydrogen (secondary N) is 1. The maximum absolute atomic E-state index is 13.5. The third kappa shape index (κ3) is 3.54. The molecular formula is C20H18F3N3O. The molecule has 1 aliphatic rings. The Kier molecular flexibility index (Phi) is 4.37. The van der Waals surface area contributed by atoms with Crippen LogP contribution in [0.15, 0.2) is 48.5 Å². The number of alkyl halides is 3. The molecule has 1 N–H and O–H groups in total. The summed E-state index contributed by atoms with van der Waals surface area (Å²) in [5.41, 5.74) is 2.52. The fourth-order valence-corrected chi connectivity index (χ4v) is 3.58. The summed E-state index contributed by atoms with van der Waals surface area (Å²) in [5, 5.41) is 0. The van der Waals surface area contributed by atoms with Gasteiger partial charge in [0.05, 0.1) is 17.0 Å². The molecule has 1 aliphatic heterocycles. The number of aromatic nitrogens is 2. The number of hydrogen-bond acceptors (Lipinski definition) is 2. The Balaban J connectivity index is 1.48. The minimum absolute atomic E-state index is 0.118. The van der Waals surface area contributed by atoms with Crippen LogP contribution in [0.5, 0.6) is 0 Å². The van der Waals surface area contributed by atoms with Crippen LogP contribution < -0.4 is 0 Å². The van der Waals surface area contributed by atoms with Gasteiger partial charge in [0.2, 0.25) is 5.91 Å². The van der Waals surface area contributed by atoms with Gasteiger partial charge in [-0.1, -0.05) is 36.4 Å². The van der Waals surface area contributed by atoms with Crippen molar-refractivity contribution < 1.29 is 18.0 Å². The smallest absolute Gasteiger partial charge is 0.342 e. The number of hydrogen-bond donors (Lipinski definition) is 1. The van der Waals surface area contributed by atoms with Crippen molar-refractivity contribution in [3.63, 3.8) is 0 Å². The van der Waals surface area contributed by atoms with Crippen molar-refractivity contribution in [1.29, 1.82) is 0 Å². The molecule has 140 valence electrons. The van der Waals surface area contributed by atoms with Gasteiger partial charge in [-0.15, -0.1) is 0 Å². The second-order valence-corrected chi connectivity index (χ2v) is 6.77. The molecule has 0 saturated heterocycles. The minimum atomic E-state index is -4.38. The van der Waals surface area contributed by atoms with Crippen molar-refractivity contribution in [2.24, 2.45) is 0 Å². The summed E-state index contributed by atoms with van der Waals surface area (Å²) in [6, 6.07) is 14.0. The Morgan fingerprint density at radius 2 is 1.89 bits per heavy atom. The van der Waals surface area contributed by atoms with Crippen LogP contribution in [0.25, 0.3) is 11.0 Å². The van der Waals surface area contributed by atoms with E-state index in [4.69, 9.17) is 0 Å². The average molecular weight is 373 g/mol. The zero-order valence-corrected chi connectivity index (χ0v) is 14.5. The van der Waals surface area contributed by atoms with E-state index in [1.54, 1.807) is 18.2 Å². The Morgan fingerprint density at radius 1 is 1.15 bits per heavy atom. The quantitative estimate of drug-likeness (QED) is 0.749. The molecule has 0 spiro atoms. The van der Waals surface area contributed by atoms with Gasteiger partial charge in [0.25, 0.3) is 0 Å². The maximum Gasteiger partial charge on any atom is 0.397 e. The predicted octanol–water partition coefficient (Wildman–Crippen LogP) is 4.18. The molecule has 7 heteroatoms. The van der Waals surface area contributed by atoms with E-state index in [1.165, 1.54) is 11.0 Å². The zero-order chi connectivity index (χ0) is 19.0. The molecule has 2 aromatic carbocycles. The molecule has 1 aromatic heterocycles. The lowest BCUT2D eigenvalue weighted by molar-refractivity contribution is -0.161. The third-order valence-electron chi connectivity index (χ3n) is 4.96. The van der Waals surface area contributed by atoms with E-state index < -0.39 is 12.1 Å². The molecule has 3 aromatic rings. The van der Waals surface area contributed by atoms with Crippen LogP contribution in [-0.4, -0.2) is 33.5 Å². The number of carbonyl (C=O) groups is 1. The van der Waals surface area contributed by atoms with Crippen LogP contribution in [0.3, 0.4) is 0 Å². The molecule has 2 heterocycles. The van der Waals surface area contributed by atoms with E-state index in [2.05, 4.69) is 9.97 Å². The number of halogens is 3. The van der Waals surface area contributed by atoms with Crippen LogP contribution in [-0.2, 0) is 17.8 Å². The SMILES string of the molecule is O=C(CCc1nc2ccccc2[nH]1)N1Cc2ccccc2C(C(F)(F)F)C1. The summed E-state index contributed by atoms with van der Waals surface area (Å²) in [5.74, 6) is -1.27. The number of amides is 1. The number of rotatable bonds is 3. The first-order valence-corrected chi connectivity index (χ1v) is 8.78. The lowest BCUT2D eigenvalue weighted by Gasteiger charge is -2.35. The lowest BCUT2D eigenvalue weighted by atomic mass is 9.89. The number of benzene rings is 2. The third-order valence-corrected chi connectivity index (χ3v) is 4.96. The molecular weight excluding hydrogens is 355 g/mol. The van der Waals surface area contributed by atoms with Gasteiger partial charge in [-0.2, -0.15) is 13.2 Å². The van der Waals surface area contributed by atoms with Crippen molar-refractivity contribution in [1.82, 2.24) is 14.9 Å². The number of fused-ring (bicyclic) bond motifs is 2. The number of nitrogens with zero attached hydrogens (tertiary/aromatic N) is 2. The molecule has 1 atom stereocenters. The highest BCUT2D eigenvalue weighted by molar-refractivity contribution is 5.78. The highest BCUT2D eigenvalue weighted by Crippen LogP contribution is 2.40. The standard InChI is InChI=1S/C20H18F3N3O/c21-20(22,23)15-12-26(11-13-5-1-2-6-14(13)15)19(27)10-9-18-24-16-7-3-4-8-17(16)25-18/h1-8,15H,9-12H2,(H,24,25). The topological polar surface area (TPSA) is 49.0 Å². The number of aryl methyl sites for hydroxylation is 1. The number of carbonyl (C=O) groups excluding carboxylic acids is 1. The first-order valence-electron chi connectivity index (χ1n) is 8.78. The highest BCUT2D eigenvalue weighted by atomic mass is 19.4. The Labute approximate surface area is 154 Å². The van der Waals surface area contributed by atoms with Crippen molar-refractivity contribution >= 4 is 16.9 Å². The van der Waals surface area contributed by atoms with Crippen LogP contribution >= 0.6 is 0 Å². The van der Waals surface area contributed by atoms with E-state index in [-0.39, 0.29) is 31.0 Å². The van der Waals surface area contributed by atoms with Gasteiger partial charge in [0.1, 0.15) is 5.82 Å². The molecule has 1 unspecified atom stereocenters. The number of aromatic amines is 1. The normalized spacial score (nSPS) is 17.1. The van der Waals surface area contributed by atoms with Gasteiger partial charge in [-0.05, 0) is 23.3 Å². The second-order valence-electron chi connectivity index (χ2n) is 6.77. The van der Waals surface area contributed by atoms with Gasteiger partial charge in [0, 0.05) is 25.9 Å². The molecule has 0 bridgehead atoms. The molecule has 0 fully saturated rings. The molecule has 27 heavy (non-hydrogen) atoms. The van der Waals surface area contributed by atoms with Crippen LogP contribution in [0.4, 0.5) is 13.2 Å². The fraction of sp³-hybridized carbons (Fsp3) is 0.300. The largest absolute Gasteiger partial charge is 0.397 e. The molecule has 0 radical (unpaired) electrons. The van der Waals surface area contributed by atoms with Crippen LogP contribution in [0.1, 0.15) is 29.3 Å². The predicted molar refractivity (Wildman–Crippen MR) is 95.1 cm³/mol. The average Bonchev–Trinajstić information content (AvgIpc) is 3.07. The Hall–Kier alpha value is -2.83. The summed E-state index contributed by atoms with van der Waals surface area (Å²) >= 11 is 0. The molecule has 4 rings (SSSR count). The summed E-state index contributed by atoms with van der Waals surface area (Å²) in [6.07, 6.45) is -3.90. The zero-order valence-electron chi connectivity index (χ0n) is 14.5. The highest BCUT2D eigenvalue weighted by Gasteiger charge is 2.45. The Bertz CT molecular complexity index is 947. The van der Waals surface area contributed by atoms with Gasteiger partial charge >= 0.3 is 6.18 Å². The van der Waals surface area contributed by atoms with Gasteiger partial charge < -0.3 is 9.88 Å². The van der Waals surface area contributed by atoms with E-state index in [0.29, 0.717) is 17.8 Å². The maximum atomic E-state index is 13.5. The van der Waals surface area contributed by atoms with E-state index in [1.807, 2.05) is 24.3 Å². The summed E-state index contributed by atoms with van der Waals surface area (Å²) in [7, 11) is 0. The minimum Gasteiger partial charge on any atom is -0.342 e. The van der Waals surface area contributed by atoms with E-state index in [9.17, 15) is 18.0 Å². The number of imidazole rings is 1. The molecule has 4 nitrogen and oxygen atoms in total. The van der Waals surface area contributed by atoms with E-state index in [0.717, 1.165) is 11.0 Å². The first-order chi connectivity index (χ1) is 12.9. The summed E-state index contributed by atoms with van der Waals surface area (Å²) in [4.78, 5) is 21.4. The second kappa shape index (κ2) is 6.72. The van der Waals surface area contributed by atoms with Gasteiger partial charge in [-0.25, -0.2) is 4.98 Å². The fourth-order valence-electron chi connectivity index (χ4n) is 3.58. The lowest BCUT2D eigenvalue weighted by Crippen LogP contribution is -2.42. The van der Waals surface area contributed by atoms with Crippen molar-refractivity contribution in [3.05, 3.63) is 65.5 Å². The molecule has 0 aliphatic carbocycles. The van der Waals surface area contributed by atoms with Crippen molar-refractivity contribution in [3.8, 4) is 0 Å². The monoisotopic (exact) mass is 373 g/mol.